The number of ether oxygens (including phenoxy) is 1. The molecular weight excluding hydrogens is 279 g/mol. The van der Waals surface area contributed by atoms with Crippen LogP contribution in [-0.2, 0) is 6.18 Å². The Balaban J connectivity index is 2.05. The van der Waals surface area contributed by atoms with E-state index in [0.717, 1.165) is 38.1 Å². The van der Waals surface area contributed by atoms with Gasteiger partial charge in [0.05, 0.1) is 5.56 Å². The second-order valence-corrected chi connectivity index (χ2v) is 6.06. The van der Waals surface area contributed by atoms with Crippen LogP contribution >= 0.6 is 0 Å². The van der Waals surface area contributed by atoms with Gasteiger partial charge in [-0.05, 0) is 49.6 Å². The Morgan fingerprint density at radius 1 is 1.24 bits per heavy atom. The molecule has 5 heteroatoms. The summed E-state index contributed by atoms with van der Waals surface area (Å²) in [4.78, 5) is 0. The standard InChI is InChI=1S/C16H22F3NO/c1-11(2)9-15(12-7-8-20-10-12)21-14-5-3-13(4-6-14)16(17,18)19/h3-6,11-12,15,20H,7-10H2,1-2H3/t12-,15+/m0/s1. The smallest absolute Gasteiger partial charge is 0.416 e. The molecule has 0 amide bonds. The summed E-state index contributed by atoms with van der Waals surface area (Å²) in [5.41, 5.74) is -0.641. The van der Waals surface area contributed by atoms with Gasteiger partial charge in [-0.25, -0.2) is 0 Å². The van der Waals surface area contributed by atoms with Crippen molar-refractivity contribution in [2.45, 2.75) is 39.0 Å². The minimum Gasteiger partial charge on any atom is -0.490 e. The fourth-order valence-corrected chi connectivity index (χ4v) is 2.69. The lowest BCUT2D eigenvalue weighted by Gasteiger charge is -2.26. The van der Waals surface area contributed by atoms with Crippen molar-refractivity contribution in [1.82, 2.24) is 5.32 Å². The molecule has 1 aliphatic heterocycles. The maximum Gasteiger partial charge on any atom is 0.416 e. The van der Waals surface area contributed by atoms with Crippen molar-refractivity contribution in [3.05, 3.63) is 29.8 Å². The maximum atomic E-state index is 12.6. The quantitative estimate of drug-likeness (QED) is 0.883. The second-order valence-electron chi connectivity index (χ2n) is 6.06. The van der Waals surface area contributed by atoms with Crippen LogP contribution in [0.25, 0.3) is 0 Å². The highest BCUT2D eigenvalue weighted by molar-refractivity contribution is 5.29. The summed E-state index contributed by atoms with van der Waals surface area (Å²) in [5.74, 6) is 1.43. The van der Waals surface area contributed by atoms with Gasteiger partial charge in [-0.2, -0.15) is 13.2 Å². The topological polar surface area (TPSA) is 21.3 Å². The van der Waals surface area contributed by atoms with Gasteiger partial charge in [-0.15, -0.1) is 0 Å². The number of hydrogen-bond acceptors (Lipinski definition) is 2. The van der Waals surface area contributed by atoms with E-state index in [9.17, 15) is 13.2 Å². The minimum absolute atomic E-state index is 0.0525. The van der Waals surface area contributed by atoms with Crippen molar-refractivity contribution in [2.24, 2.45) is 11.8 Å². The molecule has 0 radical (unpaired) electrons. The molecule has 21 heavy (non-hydrogen) atoms. The van der Waals surface area contributed by atoms with E-state index in [-0.39, 0.29) is 6.10 Å². The average molecular weight is 301 g/mol. The summed E-state index contributed by atoms with van der Waals surface area (Å²) in [6.07, 6.45) is -2.28. The Kier molecular flexibility index (Phi) is 5.14. The van der Waals surface area contributed by atoms with Crippen molar-refractivity contribution < 1.29 is 17.9 Å². The molecule has 1 aromatic rings. The van der Waals surface area contributed by atoms with Crippen molar-refractivity contribution in [3.8, 4) is 5.75 Å². The SMILES string of the molecule is CC(C)C[C@@H](Oc1ccc(C(F)(F)F)cc1)[C@H]1CCNC1. The predicted molar refractivity (Wildman–Crippen MR) is 76.3 cm³/mol. The highest BCUT2D eigenvalue weighted by atomic mass is 19.4. The number of halogens is 3. The van der Waals surface area contributed by atoms with E-state index in [1.165, 1.54) is 12.1 Å². The summed E-state index contributed by atoms with van der Waals surface area (Å²) in [6.45, 7) is 6.16. The number of nitrogens with one attached hydrogen (secondary N) is 1. The number of alkyl halides is 3. The van der Waals surface area contributed by atoms with Crippen LogP contribution in [0.5, 0.6) is 5.75 Å². The molecule has 1 aliphatic rings. The van der Waals surface area contributed by atoms with Gasteiger partial charge in [0.15, 0.2) is 0 Å². The van der Waals surface area contributed by atoms with Gasteiger partial charge in [-0.1, -0.05) is 13.8 Å². The zero-order valence-electron chi connectivity index (χ0n) is 12.4. The van der Waals surface area contributed by atoms with E-state index in [1.807, 2.05) is 0 Å². The first-order valence-electron chi connectivity index (χ1n) is 7.41. The lowest BCUT2D eigenvalue weighted by Crippen LogP contribution is -2.30. The Morgan fingerprint density at radius 2 is 1.90 bits per heavy atom. The van der Waals surface area contributed by atoms with Gasteiger partial charge in [0.25, 0.3) is 0 Å². The Labute approximate surface area is 123 Å². The van der Waals surface area contributed by atoms with Crippen molar-refractivity contribution in [2.75, 3.05) is 13.1 Å². The minimum atomic E-state index is -4.30. The number of rotatable bonds is 5. The Hall–Kier alpha value is -1.23. The van der Waals surface area contributed by atoms with Gasteiger partial charge >= 0.3 is 6.18 Å². The van der Waals surface area contributed by atoms with Crippen molar-refractivity contribution >= 4 is 0 Å². The van der Waals surface area contributed by atoms with Crippen LogP contribution < -0.4 is 10.1 Å². The van der Waals surface area contributed by atoms with Crippen LogP contribution in [-0.4, -0.2) is 19.2 Å². The normalized spacial score (nSPS) is 20.8. The lowest BCUT2D eigenvalue weighted by atomic mass is 9.93. The van der Waals surface area contributed by atoms with Crippen LogP contribution in [0, 0.1) is 11.8 Å². The third kappa shape index (κ3) is 4.63. The molecule has 1 aromatic carbocycles. The molecule has 0 saturated carbocycles. The molecule has 1 fully saturated rings. The van der Waals surface area contributed by atoms with E-state index in [1.54, 1.807) is 0 Å². The molecule has 0 unspecified atom stereocenters. The van der Waals surface area contributed by atoms with Crippen molar-refractivity contribution in [3.63, 3.8) is 0 Å². The molecule has 118 valence electrons. The first-order chi connectivity index (χ1) is 9.86. The van der Waals surface area contributed by atoms with E-state index in [4.69, 9.17) is 4.74 Å². The van der Waals surface area contributed by atoms with E-state index < -0.39 is 11.7 Å². The maximum absolute atomic E-state index is 12.6. The van der Waals surface area contributed by atoms with E-state index >= 15 is 0 Å². The van der Waals surface area contributed by atoms with Gasteiger partial charge < -0.3 is 10.1 Å². The molecule has 0 aromatic heterocycles. The van der Waals surface area contributed by atoms with Crippen LogP contribution in [0.2, 0.25) is 0 Å². The summed E-state index contributed by atoms with van der Waals surface area (Å²) in [5, 5.41) is 3.31. The molecular formula is C16H22F3NO. The zero-order chi connectivity index (χ0) is 15.5. The highest BCUT2D eigenvalue weighted by Crippen LogP contribution is 2.31. The van der Waals surface area contributed by atoms with E-state index in [2.05, 4.69) is 19.2 Å². The first-order valence-corrected chi connectivity index (χ1v) is 7.41. The summed E-state index contributed by atoms with van der Waals surface area (Å²) >= 11 is 0. The van der Waals surface area contributed by atoms with Gasteiger partial charge in [-0.3, -0.25) is 0 Å². The van der Waals surface area contributed by atoms with Gasteiger partial charge in [0.1, 0.15) is 11.9 Å². The molecule has 2 nitrogen and oxygen atoms in total. The number of benzene rings is 1. The van der Waals surface area contributed by atoms with Crippen LogP contribution in [0.1, 0.15) is 32.3 Å². The second kappa shape index (κ2) is 6.69. The van der Waals surface area contributed by atoms with Crippen molar-refractivity contribution in [1.29, 1.82) is 0 Å². The Morgan fingerprint density at radius 3 is 2.38 bits per heavy atom. The third-order valence-electron chi connectivity index (χ3n) is 3.80. The summed E-state index contributed by atoms with van der Waals surface area (Å²) < 4.78 is 43.6. The molecule has 1 heterocycles. The fraction of sp³-hybridized carbons (Fsp3) is 0.625. The van der Waals surface area contributed by atoms with E-state index in [0.29, 0.717) is 17.6 Å². The summed E-state index contributed by atoms with van der Waals surface area (Å²) in [7, 11) is 0. The Bertz CT molecular complexity index is 436. The van der Waals surface area contributed by atoms with Gasteiger partial charge in [0, 0.05) is 12.5 Å². The molecule has 2 rings (SSSR count). The summed E-state index contributed by atoms with van der Waals surface area (Å²) in [6, 6.07) is 4.99. The van der Waals surface area contributed by atoms with Crippen LogP contribution in [0.3, 0.4) is 0 Å². The predicted octanol–water partition coefficient (Wildman–Crippen LogP) is 4.11. The molecule has 0 spiro atoms. The van der Waals surface area contributed by atoms with Crippen LogP contribution in [0.4, 0.5) is 13.2 Å². The molecule has 2 atom stereocenters. The molecule has 1 N–H and O–H groups in total. The number of hydrogen-bond donors (Lipinski definition) is 1. The first kappa shape index (κ1) is 16.1. The molecule has 1 saturated heterocycles. The average Bonchev–Trinajstić information content (AvgIpc) is 2.90. The monoisotopic (exact) mass is 301 g/mol. The van der Waals surface area contributed by atoms with Gasteiger partial charge in [0.2, 0.25) is 0 Å². The fourth-order valence-electron chi connectivity index (χ4n) is 2.69. The van der Waals surface area contributed by atoms with Crippen LogP contribution in [0.15, 0.2) is 24.3 Å². The largest absolute Gasteiger partial charge is 0.490 e. The zero-order valence-corrected chi connectivity index (χ0v) is 12.4. The molecule has 0 aliphatic carbocycles. The lowest BCUT2D eigenvalue weighted by molar-refractivity contribution is -0.137. The third-order valence-corrected chi connectivity index (χ3v) is 3.80. The molecule has 0 bridgehead atoms. The highest BCUT2D eigenvalue weighted by Gasteiger charge is 2.31.